The third-order valence-electron chi connectivity index (χ3n) is 5.30. The maximum absolute atomic E-state index is 13.9. The van der Waals surface area contributed by atoms with E-state index in [1.54, 1.807) is 30.3 Å². The Hall–Kier alpha value is -3.94. The van der Waals surface area contributed by atoms with Gasteiger partial charge in [0, 0.05) is 5.69 Å². The van der Waals surface area contributed by atoms with Crippen LogP contribution in [-0.4, -0.2) is 47.8 Å². The van der Waals surface area contributed by atoms with Crippen LogP contribution >= 0.6 is 0 Å². The van der Waals surface area contributed by atoms with E-state index in [0.29, 0.717) is 17.7 Å². The zero-order valence-electron chi connectivity index (χ0n) is 20.6. The normalized spacial score (nSPS) is 14.6. The Labute approximate surface area is 233 Å². The average Bonchev–Trinajstić information content (AvgIpc) is 2.91. The number of anilines is 1. The van der Waals surface area contributed by atoms with Crippen LogP contribution in [0.25, 0.3) is 0 Å². The zero-order valence-corrected chi connectivity index (χ0v) is 20.6. The van der Waals surface area contributed by atoms with Crippen LogP contribution in [0.5, 0.6) is 5.75 Å². The van der Waals surface area contributed by atoms with E-state index < -0.39 is 65.4 Å². The van der Waals surface area contributed by atoms with Crippen molar-refractivity contribution in [2.45, 2.75) is 48.3 Å². The molecule has 0 saturated carbocycles. The van der Waals surface area contributed by atoms with Crippen molar-refractivity contribution in [2.75, 3.05) is 5.32 Å². The molecule has 44 heavy (non-hydrogen) atoms. The Balaban J connectivity index is 2.27. The highest BCUT2D eigenvalue weighted by Gasteiger charge is 2.93. The van der Waals surface area contributed by atoms with E-state index in [0.717, 1.165) is 12.1 Å². The van der Waals surface area contributed by atoms with E-state index in [1.165, 1.54) is 0 Å². The fourth-order valence-corrected chi connectivity index (χ4v) is 2.86. The van der Waals surface area contributed by atoms with Crippen molar-refractivity contribution in [3.63, 3.8) is 0 Å². The highest BCUT2D eigenvalue weighted by atomic mass is 19.4. The van der Waals surface area contributed by atoms with E-state index in [2.05, 4.69) is 10.1 Å². The summed E-state index contributed by atoms with van der Waals surface area (Å²) in [7, 11) is 0. The number of carbonyl (C=O) groups excluding carboxylic acids is 1. The molecule has 0 bridgehead atoms. The predicted octanol–water partition coefficient (Wildman–Crippen LogP) is 9.30. The van der Waals surface area contributed by atoms with Gasteiger partial charge in [0.2, 0.25) is 5.83 Å². The molecule has 0 aliphatic carbocycles. The number of hydrogen-bond donors (Lipinski definition) is 1. The zero-order chi connectivity index (χ0) is 34.2. The molecule has 246 valence electrons. The van der Waals surface area contributed by atoms with Crippen LogP contribution in [-0.2, 0) is 11.3 Å². The summed E-state index contributed by atoms with van der Waals surface area (Å²) in [6, 6.07) is 6.90. The van der Waals surface area contributed by atoms with Crippen LogP contribution in [0.15, 0.2) is 66.4 Å². The molecule has 0 fully saturated rings. The van der Waals surface area contributed by atoms with Gasteiger partial charge in [0.15, 0.2) is 0 Å². The van der Waals surface area contributed by atoms with Crippen LogP contribution in [0, 0.1) is 0 Å². The number of amides is 1. The minimum Gasteiger partial charge on any atom is -0.444 e. The van der Waals surface area contributed by atoms with Crippen LogP contribution in [0.4, 0.5) is 85.1 Å². The summed E-state index contributed by atoms with van der Waals surface area (Å²) in [4.78, 5) is 11.8. The van der Waals surface area contributed by atoms with Crippen molar-refractivity contribution >= 4 is 11.8 Å². The van der Waals surface area contributed by atoms with Gasteiger partial charge in [0.25, 0.3) is 0 Å². The average molecular weight is 673 g/mol. The molecule has 0 unspecified atom stereocenters. The van der Waals surface area contributed by atoms with Gasteiger partial charge in [-0.2, -0.15) is 74.6 Å². The molecule has 2 aromatic carbocycles. The first-order valence-electron chi connectivity index (χ1n) is 10.9. The summed E-state index contributed by atoms with van der Waals surface area (Å²) in [5.41, 5.74) is 0.322. The molecule has 21 heteroatoms. The highest BCUT2D eigenvalue weighted by Crippen LogP contribution is 2.63. The summed E-state index contributed by atoms with van der Waals surface area (Å²) in [6.07, 6.45) is -8.91. The van der Waals surface area contributed by atoms with Crippen LogP contribution in [0.2, 0.25) is 0 Å². The Morgan fingerprint density at radius 3 is 1.55 bits per heavy atom. The van der Waals surface area contributed by atoms with E-state index in [-0.39, 0.29) is 12.3 Å². The molecule has 2 aromatic rings. The molecule has 0 aromatic heterocycles. The van der Waals surface area contributed by atoms with Crippen LogP contribution < -0.4 is 10.1 Å². The van der Waals surface area contributed by atoms with Gasteiger partial charge in [-0.05, 0) is 29.8 Å². The van der Waals surface area contributed by atoms with Crippen molar-refractivity contribution in [1.29, 1.82) is 0 Å². The Kier molecular flexibility index (Phi) is 9.77. The van der Waals surface area contributed by atoms with Gasteiger partial charge in [-0.15, -0.1) is 0 Å². The van der Waals surface area contributed by atoms with Crippen molar-refractivity contribution in [2.24, 2.45) is 0 Å². The first-order chi connectivity index (χ1) is 19.8. The van der Waals surface area contributed by atoms with Gasteiger partial charge < -0.3 is 9.47 Å². The summed E-state index contributed by atoms with van der Waals surface area (Å²) in [5.74, 6) is -55.6. The molecule has 0 aliphatic rings. The minimum absolute atomic E-state index is 0.226. The smallest absolute Gasteiger partial charge is 0.444 e. The molecule has 4 nitrogen and oxygen atoms in total. The number of halogens is 17. The molecule has 0 atom stereocenters. The van der Waals surface area contributed by atoms with E-state index in [4.69, 9.17) is 4.74 Å². The number of hydrogen-bond acceptors (Lipinski definition) is 3. The Morgan fingerprint density at radius 2 is 1.07 bits per heavy atom. The third-order valence-corrected chi connectivity index (χ3v) is 5.30. The standard InChI is InChI=1S/C23H12F17NO3/c24-14(15(25)44-13-8-6-12(7-9-13)41-16(42)43-10-11-4-2-1-3-5-11)17(26,27)18(28,29)19(30,31)20(32,33)21(34,35)22(36,37)23(38,39)40/h1-9H,10H2,(H,41,42). The molecule has 1 N–H and O–H groups in total. The van der Waals surface area contributed by atoms with Gasteiger partial charge in [-0.1, -0.05) is 30.3 Å². The van der Waals surface area contributed by atoms with Crippen molar-refractivity contribution in [3.05, 3.63) is 72.0 Å². The number of carbonyl (C=O) groups is 1. The second kappa shape index (κ2) is 11.9. The van der Waals surface area contributed by atoms with E-state index in [9.17, 15) is 79.4 Å². The molecule has 0 radical (unpaired) electrons. The minimum atomic E-state index is -8.67. The van der Waals surface area contributed by atoms with Gasteiger partial charge in [0.1, 0.15) is 12.4 Å². The number of alkyl halides is 15. The third kappa shape index (κ3) is 6.30. The second-order valence-electron chi connectivity index (χ2n) is 8.34. The summed E-state index contributed by atoms with van der Waals surface area (Å²) in [6.45, 7) is -0.227. The lowest BCUT2D eigenvalue weighted by Gasteiger charge is -2.41. The summed E-state index contributed by atoms with van der Waals surface area (Å²) in [5, 5.41) is 2.07. The quantitative estimate of drug-likeness (QED) is 0.191. The summed E-state index contributed by atoms with van der Waals surface area (Å²) < 4.78 is 234. The molecule has 0 spiro atoms. The SMILES string of the molecule is O=C(Nc1ccc(OC(F)=C(F)C(F)(F)C(F)(F)C(F)(F)C(F)(F)C(F)(F)C(F)(F)C(F)(F)F)cc1)OCc1ccccc1. The first kappa shape index (κ1) is 36.3. The fraction of sp³-hybridized carbons (Fsp3) is 0.348. The lowest BCUT2D eigenvalue weighted by molar-refractivity contribution is -0.451. The monoisotopic (exact) mass is 673 g/mol. The van der Waals surface area contributed by atoms with E-state index in [1.807, 2.05) is 0 Å². The van der Waals surface area contributed by atoms with Crippen molar-refractivity contribution in [3.8, 4) is 5.75 Å². The van der Waals surface area contributed by atoms with Gasteiger partial charge >= 0.3 is 53.8 Å². The molecule has 0 heterocycles. The van der Waals surface area contributed by atoms with Gasteiger partial charge in [-0.3, -0.25) is 5.32 Å². The molecule has 2 rings (SSSR count). The van der Waals surface area contributed by atoms with Crippen LogP contribution in [0.1, 0.15) is 5.56 Å². The number of ether oxygens (including phenoxy) is 2. The van der Waals surface area contributed by atoms with Gasteiger partial charge in [-0.25, -0.2) is 4.79 Å². The maximum atomic E-state index is 13.9. The van der Waals surface area contributed by atoms with Gasteiger partial charge in [0.05, 0.1) is 0 Å². The number of allylic oxidation sites excluding steroid dienone is 1. The molecule has 1 amide bonds. The largest absolute Gasteiger partial charge is 0.460 e. The molecule has 0 aliphatic heterocycles. The molecular weight excluding hydrogens is 661 g/mol. The predicted molar refractivity (Wildman–Crippen MR) is 112 cm³/mol. The molecular formula is C23H12F17NO3. The Morgan fingerprint density at radius 1 is 0.614 bits per heavy atom. The van der Waals surface area contributed by atoms with Crippen LogP contribution in [0.3, 0.4) is 0 Å². The second-order valence-corrected chi connectivity index (χ2v) is 8.34. The number of rotatable bonds is 11. The van der Waals surface area contributed by atoms with E-state index >= 15 is 0 Å². The lowest BCUT2D eigenvalue weighted by atomic mass is 9.91. The van der Waals surface area contributed by atoms with Crippen molar-refractivity contribution in [1.82, 2.24) is 0 Å². The number of benzene rings is 2. The topological polar surface area (TPSA) is 47.6 Å². The maximum Gasteiger partial charge on any atom is 0.460 e. The fourth-order valence-electron chi connectivity index (χ4n) is 2.86. The first-order valence-corrected chi connectivity index (χ1v) is 10.9. The highest BCUT2D eigenvalue weighted by molar-refractivity contribution is 5.84. The number of nitrogens with one attached hydrogen (secondary N) is 1. The Bertz CT molecular complexity index is 1340. The lowest BCUT2D eigenvalue weighted by Crippen LogP contribution is -2.72. The van der Waals surface area contributed by atoms with Crippen molar-refractivity contribution < 1.29 is 88.9 Å². The summed E-state index contributed by atoms with van der Waals surface area (Å²) >= 11 is 0. The molecule has 0 saturated heterocycles.